The molecule has 0 bridgehead atoms. The molecule has 4 aromatic rings. The van der Waals surface area contributed by atoms with Crippen LogP contribution in [-0.2, 0) is 35.3 Å². The molecule has 1 fully saturated rings. The van der Waals surface area contributed by atoms with Crippen LogP contribution in [0, 0.1) is 5.82 Å². The molecule has 278 valence electrons. The Labute approximate surface area is 294 Å². The Morgan fingerprint density at radius 3 is 1.85 bits per heavy atom. The van der Waals surface area contributed by atoms with Crippen LogP contribution in [0.5, 0.6) is 0 Å². The first-order chi connectivity index (χ1) is 24.7. The quantitative estimate of drug-likeness (QED) is 0.120. The van der Waals surface area contributed by atoms with Crippen LogP contribution in [0.4, 0.5) is 16.3 Å². The Kier molecular flexibility index (Phi) is 17.1. The van der Waals surface area contributed by atoms with Crippen LogP contribution in [0.2, 0.25) is 0 Å². The van der Waals surface area contributed by atoms with Gasteiger partial charge < -0.3 is 50.7 Å². The van der Waals surface area contributed by atoms with Crippen LogP contribution < -0.4 is 10.6 Å². The molecule has 1 aliphatic rings. The number of carboxylic acids is 6. The van der Waals surface area contributed by atoms with Crippen LogP contribution in [0.1, 0.15) is 24.8 Å². The number of nitrogens with zero attached hydrogens (tertiary/aromatic N) is 5. The Morgan fingerprint density at radius 2 is 1.29 bits per heavy atom. The number of rotatable bonds is 8. The minimum absolute atomic E-state index is 0.216. The molecule has 0 amide bonds. The van der Waals surface area contributed by atoms with Gasteiger partial charge in [0, 0.05) is 38.1 Å². The average molecular weight is 730 g/mol. The lowest BCUT2D eigenvalue weighted by molar-refractivity contribution is -0.159. The summed E-state index contributed by atoms with van der Waals surface area (Å²) < 4.78 is 15.6. The lowest BCUT2D eigenvalue weighted by Crippen LogP contribution is -2.31. The van der Waals surface area contributed by atoms with Crippen molar-refractivity contribution in [3.05, 3.63) is 78.4 Å². The van der Waals surface area contributed by atoms with Gasteiger partial charge in [-0.2, -0.15) is 0 Å². The van der Waals surface area contributed by atoms with Crippen molar-refractivity contribution in [3.8, 4) is 0 Å². The van der Waals surface area contributed by atoms with E-state index in [4.69, 9.17) is 64.4 Å². The standard InChI is InChI=1S/C26H30FN7.3C2H2O4/c27-21-10-8-20(9-11-21)19-34-24-7-2-1-6-23(24)32-26(34)31-22-5-3-16-33(17-12-22)18-15-30-25-28-13-4-14-29-25;3*3-1(4)2(5)6/h1-2,4,6-11,13-14,22H,3,5,12,15-19H2,(H,31,32)(H,28,29,30);3*(H,3,4)(H,5,6). The fourth-order valence-electron chi connectivity index (χ4n) is 4.54. The zero-order chi connectivity index (χ0) is 38.6. The smallest absolute Gasteiger partial charge is 0.414 e. The number of halogens is 1. The zero-order valence-corrected chi connectivity index (χ0v) is 27.3. The van der Waals surface area contributed by atoms with Gasteiger partial charge in [-0.25, -0.2) is 48.1 Å². The second-order valence-corrected chi connectivity index (χ2v) is 10.6. The van der Waals surface area contributed by atoms with Gasteiger partial charge in [-0.15, -0.1) is 0 Å². The van der Waals surface area contributed by atoms with Crippen molar-refractivity contribution < 1.29 is 63.8 Å². The maximum Gasteiger partial charge on any atom is 0.414 e. The van der Waals surface area contributed by atoms with Crippen LogP contribution in [0.15, 0.2) is 67.0 Å². The SMILES string of the molecule is Fc1ccc(Cn2c(NC3CCCN(CCNc4ncccn4)CC3)nc3ccccc32)cc1.O=C(O)C(=O)O.O=C(O)C(=O)O.O=C(O)C(=O)O. The highest BCUT2D eigenvalue weighted by Crippen LogP contribution is 2.24. The molecule has 5 rings (SSSR count). The third kappa shape index (κ3) is 15.2. The van der Waals surface area contributed by atoms with Gasteiger partial charge in [0.2, 0.25) is 11.9 Å². The number of imidazole rings is 1. The number of anilines is 2. The van der Waals surface area contributed by atoms with Gasteiger partial charge in [-0.3, -0.25) is 0 Å². The first-order valence-electron chi connectivity index (χ1n) is 15.3. The number of aliphatic carboxylic acids is 6. The van der Waals surface area contributed by atoms with Gasteiger partial charge in [0.05, 0.1) is 17.6 Å². The van der Waals surface area contributed by atoms with Crippen LogP contribution in [-0.4, -0.2) is 123 Å². The summed E-state index contributed by atoms with van der Waals surface area (Å²) in [6.07, 6.45) is 6.80. The predicted octanol–water partition coefficient (Wildman–Crippen LogP) is 1.86. The summed E-state index contributed by atoms with van der Waals surface area (Å²) in [7, 11) is 0. The highest BCUT2D eigenvalue weighted by molar-refractivity contribution is 6.28. The highest BCUT2D eigenvalue weighted by atomic mass is 19.1. The van der Waals surface area contributed by atoms with Crippen molar-refractivity contribution in [1.29, 1.82) is 0 Å². The Balaban J connectivity index is 0.000000431. The van der Waals surface area contributed by atoms with Crippen molar-refractivity contribution in [3.63, 3.8) is 0 Å². The summed E-state index contributed by atoms with van der Waals surface area (Å²) in [5.74, 6) is -9.60. The largest absolute Gasteiger partial charge is 0.473 e. The number of hydrogen-bond donors (Lipinski definition) is 8. The van der Waals surface area contributed by atoms with Gasteiger partial charge in [-0.1, -0.05) is 24.3 Å². The van der Waals surface area contributed by atoms with Crippen molar-refractivity contribution in [2.45, 2.75) is 31.8 Å². The van der Waals surface area contributed by atoms with E-state index in [0.717, 1.165) is 68.0 Å². The van der Waals surface area contributed by atoms with E-state index < -0.39 is 35.8 Å². The zero-order valence-electron chi connectivity index (χ0n) is 27.3. The Hall–Kier alpha value is -6.70. The monoisotopic (exact) mass is 729 g/mol. The molecule has 1 aliphatic heterocycles. The topological polar surface area (TPSA) is 295 Å². The first kappa shape index (κ1) is 41.5. The number of carbonyl (C=O) groups is 6. The average Bonchev–Trinajstić information content (AvgIpc) is 3.28. The summed E-state index contributed by atoms with van der Waals surface area (Å²) in [6.45, 7) is 4.56. The molecule has 0 aliphatic carbocycles. The van der Waals surface area contributed by atoms with Crippen LogP contribution >= 0.6 is 0 Å². The van der Waals surface area contributed by atoms with Crippen molar-refractivity contribution in [2.75, 3.05) is 36.8 Å². The number of aromatic nitrogens is 4. The maximum absolute atomic E-state index is 13.4. The second kappa shape index (κ2) is 21.4. The van der Waals surface area contributed by atoms with E-state index in [1.807, 2.05) is 36.4 Å². The normalized spacial score (nSPS) is 13.6. The highest BCUT2D eigenvalue weighted by Gasteiger charge is 2.20. The number of likely N-dealkylation sites (tertiary alicyclic amines) is 1. The third-order valence-electron chi connectivity index (χ3n) is 6.89. The molecule has 1 saturated heterocycles. The van der Waals surface area contributed by atoms with Crippen LogP contribution in [0.3, 0.4) is 0 Å². The Bertz CT molecular complexity index is 1710. The van der Waals surface area contributed by atoms with E-state index in [0.29, 0.717) is 18.5 Å². The van der Waals surface area contributed by atoms with E-state index in [9.17, 15) is 4.39 Å². The second-order valence-electron chi connectivity index (χ2n) is 10.6. The van der Waals surface area contributed by atoms with Crippen molar-refractivity contribution in [2.24, 2.45) is 0 Å². The van der Waals surface area contributed by atoms with E-state index in [1.54, 1.807) is 12.4 Å². The molecule has 2 aromatic heterocycles. The summed E-state index contributed by atoms with van der Waals surface area (Å²) in [5, 5.41) is 51.4. The maximum atomic E-state index is 13.4. The van der Waals surface area contributed by atoms with Crippen molar-refractivity contribution in [1.82, 2.24) is 24.4 Å². The molecule has 52 heavy (non-hydrogen) atoms. The molecule has 2 aromatic carbocycles. The van der Waals surface area contributed by atoms with E-state index >= 15 is 0 Å². The van der Waals surface area contributed by atoms with Crippen molar-refractivity contribution >= 4 is 58.7 Å². The van der Waals surface area contributed by atoms with E-state index in [1.165, 1.54) is 12.1 Å². The number of fused-ring (bicyclic) bond motifs is 1. The molecule has 8 N–H and O–H groups in total. The lowest BCUT2D eigenvalue weighted by Gasteiger charge is -2.21. The fourth-order valence-corrected chi connectivity index (χ4v) is 4.54. The molecule has 3 heterocycles. The van der Waals surface area contributed by atoms with E-state index in [2.05, 4.69) is 36.1 Å². The first-order valence-corrected chi connectivity index (χ1v) is 15.3. The molecule has 0 radical (unpaired) electrons. The van der Waals surface area contributed by atoms with Crippen LogP contribution in [0.25, 0.3) is 11.0 Å². The summed E-state index contributed by atoms with van der Waals surface area (Å²) in [6, 6.07) is 17.1. The minimum atomic E-state index is -1.82. The van der Waals surface area contributed by atoms with Gasteiger partial charge in [0.25, 0.3) is 0 Å². The molecule has 19 nitrogen and oxygen atoms in total. The molecular formula is C32H36FN7O12. The number of hydrogen-bond acceptors (Lipinski definition) is 12. The van der Waals surface area contributed by atoms with Gasteiger partial charge in [0.1, 0.15) is 5.82 Å². The van der Waals surface area contributed by atoms with Gasteiger partial charge >= 0.3 is 35.8 Å². The number of nitrogens with one attached hydrogen (secondary N) is 2. The Morgan fingerprint density at radius 1 is 0.731 bits per heavy atom. The van der Waals surface area contributed by atoms with Gasteiger partial charge in [-0.05, 0) is 61.7 Å². The summed E-state index contributed by atoms with van der Waals surface area (Å²) in [4.78, 5) is 70.4. The molecular weight excluding hydrogens is 693 g/mol. The third-order valence-corrected chi connectivity index (χ3v) is 6.89. The molecule has 0 saturated carbocycles. The van der Waals surface area contributed by atoms with E-state index in [-0.39, 0.29) is 5.82 Å². The molecule has 1 atom stereocenters. The van der Waals surface area contributed by atoms with Gasteiger partial charge in [0.15, 0.2) is 0 Å². The molecule has 20 heteroatoms. The molecule has 1 unspecified atom stereocenters. The number of benzene rings is 2. The number of carboxylic acid groups (broad SMARTS) is 6. The summed E-state index contributed by atoms with van der Waals surface area (Å²) in [5.41, 5.74) is 3.10. The fraction of sp³-hybridized carbons (Fsp3) is 0.281. The number of para-hydroxylation sites is 2. The predicted molar refractivity (Wildman–Crippen MR) is 179 cm³/mol. The summed E-state index contributed by atoms with van der Waals surface area (Å²) >= 11 is 0. The lowest BCUT2D eigenvalue weighted by atomic mass is 10.1. The molecule has 0 spiro atoms. The minimum Gasteiger partial charge on any atom is -0.473 e.